The number of rotatable bonds is 4. The average molecular weight is 257 g/mol. The third kappa shape index (κ3) is 3.35. The van der Waals surface area contributed by atoms with Crippen LogP contribution in [0.25, 0.3) is 0 Å². The first kappa shape index (κ1) is 14.3. The molecule has 0 aliphatic carbocycles. The third-order valence-corrected chi connectivity index (χ3v) is 3.03. The van der Waals surface area contributed by atoms with E-state index in [0.717, 1.165) is 12.8 Å². The second-order valence-electron chi connectivity index (χ2n) is 4.31. The Kier molecular flexibility index (Phi) is 4.94. The van der Waals surface area contributed by atoms with Gasteiger partial charge in [0.2, 0.25) is 5.91 Å². The Morgan fingerprint density at radius 2 is 2.06 bits per heavy atom. The lowest BCUT2D eigenvalue weighted by Gasteiger charge is -2.36. The zero-order valence-electron chi connectivity index (χ0n) is 10.5. The third-order valence-electron chi connectivity index (χ3n) is 3.03. The Labute approximate surface area is 106 Å². The van der Waals surface area contributed by atoms with E-state index >= 15 is 0 Å². The number of urea groups is 1. The fraction of sp³-hybridized carbons (Fsp3) is 0.727. The molecule has 7 heteroatoms. The largest absolute Gasteiger partial charge is 0.480 e. The lowest BCUT2D eigenvalue weighted by atomic mass is 10.0. The molecule has 7 nitrogen and oxygen atoms in total. The number of aliphatic carboxylic acids is 1. The fourth-order valence-electron chi connectivity index (χ4n) is 2.10. The van der Waals surface area contributed by atoms with Gasteiger partial charge in [0.1, 0.15) is 12.6 Å². The van der Waals surface area contributed by atoms with Gasteiger partial charge in [0, 0.05) is 13.1 Å². The van der Waals surface area contributed by atoms with Crippen molar-refractivity contribution in [1.29, 1.82) is 0 Å². The molecule has 3 amide bonds. The SMILES string of the molecule is CCN(CC(N)=O)C(=O)N1CCCCC1C(=O)O. The van der Waals surface area contributed by atoms with Gasteiger partial charge in [-0.3, -0.25) is 4.79 Å². The Hall–Kier alpha value is -1.79. The van der Waals surface area contributed by atoms with E-state index in [2.05, 4.69) is 0 Å². The molecule has 0 aromatic carbocycles. The highest BCUT2D eigenvalue weighted by molar-refractivity contribution is 5.86. The van der Waals surface area contributed by atoms with E-state index in [9.17, 15) is 14.4 Å². The maximum Gasteiger partial charge on any atom is 0.326 e. The van der Waals surface area contributed by atoms with Crippen molar-refractivity contribution in [2.45, 2.75) is 32.2 Å². The van der Waals surface area contributed by atoms with Crippen molar-refractivity contribution in [2.24, 2.45) is 5.73 Å². The summed E-state index contributed by atoms with van der Waals surface area (Å²) in [7, 11) is 0. The molecule has 0 spiro atoms. The number of nitrogens with zero attached hydrogens (tertiary/aromatic N) is 2. The highest BCUT2D eigenvalue weighted by Crippen LogP contribution is 2.18. The quantitative estimate of drug-likeness (QED) is 0.731. The van der Waals surface area contributed by atoms with E-state index in [0.29, 0.717) is 19.5 Å². The summed E-state index contributed by atoms with van der Waals surface area (Å²) in [6.07, 6.45) is 2.03. The van der Waals surface area contributed by atoms with E-state index in [-0.39, 0.29) is 6.54 Å². The van der Waals surface area contributed by atoms with Crippen LogP contribution in [0.3, 0.4) is 0 Å². The van der Waals surface area contributed by atoms with Gasteiger partial charge in [-0.15, -0.1) is 0 Å². The molecule has 1 rings (SSSR count). The number of carbonyl (C=O) groups is 3. The van der Waals surface area contributed by atoms with Crippen LogP contribution in [0, 0.1) is 0 Å². The summed E-state index contributed by atoms with van der Waals surface area (Å²) in [5.74, 6) is -1.60. The van der Waals surface area contributed by atoms with E-state index in [1.54, 1.807) is 6.92 Å². The van der Waals surface area contributed by atoms with Crippen LogP contribution in [0.15, 0.2) is 0 Å². The number of carboxylic acids is 1. The van der Waals surface area contributed by atoms with Crippen LogP contribution in [0.5, 0.6) is 0 Å². The van der Waals surface area contributed by atoms with Gasteiger partial charge in [0.25, 0.3) is 0 Å². The monoisotopic (exact) mass is 257 g/mol. The molecule has 0 aromatic rings. The van der Waals surface area contributed by atoms with Gasteiger partial charge in [0.15, 0.2) is 0 Å². The molecule has 102 valence electrons. The molecule has 1 saturated heterocycles. The Balaban J connectivity index is 2.78. The molecule has 1 aliphatic heterocycles. The molecule has 1 atom stereocenters. The summed E-state index contributed by atoms with van der Waals surface area (Å²) < 4.78 is 0. The first-order chi connectivity index (χ1) is 8.47. The fourth-order valence-corrected chi connectivity index (χ4v) is 2.10. The molecular formula is C11H19N3O4. The van der Waals surface area contributed by atoms with Gasteiger partial charge in [0.05, 0.1) is 0 Å². The van der Waals surface area contributed by atoms with Crippen molar-refractivity contribution in [1.82, 2.24) is 9.80 Å². The van der Waals surface area contributed by atoms with Crippen LogP contribution in [-0.2, 0) is 9.59 Å². The second kappa shape index (κ2) is 6.23. The van der Waals surface area contributed by atoms with Gasteiger partial charge in [-0.25, -0.2) is 9.59 Å². The summed E-state index contributed by atoms with van der Waals surface area (Å²) in [4.78, 5) is 36.7. The van der Waals surface area contributed by atoms with Crippen LogP contribution in [0.1, 0.15) is 26.2 Å². The number of carboxylic acid groups (broad SMARTS) is 1. The lowest BCUT2D eigenvalue weighted by molar-refractivity contribution is -0.143. The number of hydrogen-bond acceptors (Lipinski definition) is 3. The summed E-state index contributed by atoms with van der Waals surface area (Å²) in [5.41, 5.74) is 5.06. The van der Waals surface area contributed by atoms with Gasteiger partial charge in [-0.2, -0.15) is 0 Å². The minimum absolute atomic E-state index is 0.182. The highest BCUT2D eigenvalue weighted by Gasteiger charge is 2.34. The standard InChI is InChI=1S/C11H19N3O4/c1-2-13(7-9(12)15)11(18)14-6-4-3-5-8(14)10(16)17/h8H,2-7H2,1H3,(H2,12,15)(H,16,17). The number of amides is 3. The minimum Gasteiger partial charge on any atom is -0.480 e. The number of likely N-dealkylation sites (N-methyl/N-ethyl adjacent to an activating group) is 1. The van der Waals surface area contributed by atoms with E-state index < -0.39 is 23.9 Å². The van der Waals surface area contributed by atoms with Crippen molar-refractivity contribution in [2.75, 3.05) is 19.6 Å². The zero-order valence-corrected chi connectivity index (χ0v) is 10.5. The van der Waals surface area contributed by atoms with Crippen molar-refractivity contribution >= 4 is 17.9 Å². The number of likely N-dealkylation sites (tertiary alicyclic amines) is 1. The first-order valence-electron chi connectivity index (χ1n) is 6.04. The van der Waals surface area contributed by atoms with E-state index in [1.807, 2.05) is 0 Å². The molecule has 0 aromatic heterocycles. The maximum absolute atomic E-state index is 12.2. The number of nitrogens with two attached hydrogens (primary N) is 1. The van der Waals surface area contributed by atoms with Crippen LogP contribution < -0.4 is 5.73 Å². The Morgan fingerprint density at radius 1 is 1.39 bits per heavy atom. The summed E-state index contributed by atoms with van der Waals surface area (Å²) >= 11 is 0. The summed E-state index contributed by atoms with van der Waals surface area (Å²) in [6.45, 7) is 2.27. The van der Waals surface area contributed by atoms with Crippen molar-refractivity contribution < 1.29 is 19.5 Å². The number of primary amides is 1. The van der Waals surface area contributed by atoms with Crippen molar-refractivity contribution in [3.63, 3.8) is 0 Å². The predicted molar refractivity (Wildman–Crippen MR) is 63.8 cm³/mol. The molecule has 1 fully saturated rings. The van der Waals surface area contributed by atoms with Crippen LogP contribution in [0.4, 0.5) is 4.79 Å². The number of hydrogen-bond donors (Lipinski definition) is 2. The summed E-state index contributed by atoms with van der Waals surface area (Å²) in [6, 6.07) is -1.23. The molecular weight excluding hydrogens is 238 g/mol. The molecule has 0 saturated carbocycles. The smallest absolute Gasteiger partial charge is 0.326 e. The highest BCUT2D eigenvalue weighted by atomic mass is 16.4. The van der Waals surface area contributed by atoms with Crippen LogP contribution >= 0.6 is 0 Å². The molecule has 1 unspecified atom stereocenters. The van der Waals surface area contributed by atoms with Crippen LogP contribution in [0.2, 0.25) is 0 Å². The first-order valence-corrected chi connectivity index (χ1v) is 6.04. The second-order valence-corrected chi connectivity index (χ2v) is 4.31. The molecule has 0 bridgehead atoms. The van der Waals surface area contributed by atoms with Crippen molar-refractivity contribution in [3.8, 4) is 0 Å². The van der Waals surface area contributed by atoms with E-state index in [4.69, 9.17) is 10.8 Å². The van der Waals surface area contributed by atoms with Crippen molar-refractivity contribution in [3.05, 3.63) is 0 Å². The van der Waals surface area contributed by atoms with Gasteiger partial charge < -0.3 is 20.6 Å². The molecule has 3 N–H and O–H groups in total. The normalized spacial score (nSPS) is 19.4. The van der Waals surface area contributed by atoms with E-state index in [1.165, 1.54) is 9.80 Å². The molecule has 0 radical (unpaired) electrons. The molecule has 1 aliphatic rings. The topological polar surface area (TPSA) is 104 Å². The Morgan fingerprint density at radius 3 is 2.56 bits per heavy atom. The average Bonchev–Trinajstić information content (AvgIpc) is 2.34. The summed E-state index contributed by atoms with van der Waals surface area (Å²) in [5, 5.41) is 9.09. The Bertz CT molecular complexity index is 345. The number of piperidine rings is 1. The lowest BCUT2D eigenvalue weighted by Crippen LogP contribution is -2.54. The minimum atomic E-state index is -1.00. The number of carbonyl (C=O) groups excluding carboxylic acids is 2. The molecule has 1 heterocycles. The van der Waals surface area contributed by atoms with Gasteiger partial charge in [-0.05, 0) is 26.2 Å². The van der Waals surface area contributed by atoms with Gasteiger partial charge >= 0.3 is 12.0 Å². The zero-order chi connectivity index (χ0) is 13.7. The molecule has 18 heavy (non-hydrogen) atoms. The maximum atomic E-state index is 12.2. The van der Waals surface area contributed by atoms with Gasteiger partial charge in [-0.1, -0.05) is 0 Å². The van der Waals surface area contributed by atoms with Crippen LogP contribution in [-0.4, -0.2) is 58.5 Å². The predicted octanol–water partition coefficient (Wildman–Crippen LogP) is -0.147.